The molecule has 0 fully saturated rings. The Bertz CT molecular complexity index is 391. The summed E-state index contributed by atoms with van der Waals surface area (Å²) in [5.41, 5.74) is 8.89. The Hall–Kier alpha value is -1.53. The van der Waals surface area contributed by atoms with Gasteiger partial charge in [0, 0.05) is 0 Å². The van der Waals surface area contributed by atoms with Crippen LogP contribution in [0.4, 0.5) is 5.69 Å². The molecule has 0 amide bonds. The molecule has 0 unspecified atom stereocenters. The van der Waals surface area contributed by atoms with Gasteiger partial charge in [0.15, 0.2) is 0 Å². The van der Waals surface area contributed by atoms with E-state index < -0.39 is 0 Å². The predicted octanol–water partition coefficient (Wildman–Crippen LogP) is 2.37. The van der Waals surface area contributed by atoms with Gasteiger partial charge in [0.25, 0.3) is 0 Å². The third-order valence-electron chi connectivity index (χ3n) is 2.32. The number of nitrogens with zero attached hydrogens (tertiary/aromatic N) is 1. The number of benzene rings is 1. The van der Waals surface area contributed by atoms with Gasteiger partial charge >= 0.3 is 0 Å². The van der Waals surface area contributed by atoms with Crippen LogP contribution < -0.4 is 5.73 Å². The molecule has 2 N–H and O–H groups in total. The van der Waals surface area contributed by atoms with Gasteiger partial charge in [0.1, 0.15) is 6.07 Å². The lowest BCUT2D eigenvalue weighted by atomic mass is 10.0. The van der Waals surface area contributed by atoms with Crippen molar-refractivity contribution >= 4 is 5.69 Å². The van der Waals surface area contributed by atoms with Gasteiger partial charge in [-0.2, -0.15) is 5.26 Å². The van der Waals surface area contributed by atoms with E-state index in [1.807, 2.05) is 26.8 Å². The normalized spacial score (nSPS) is 10.3. The van der Waals surface area contributed by atoms with E-state index in [0.717, 1.165) is 11.1 Å². The van der Waals surface area contributed by atoms with E-state index in [1.54, 1.807) is 6.07 Å². The van der Waals surface area contributed by atoms with Gasteiger partial charge in [0.2, 0.25) is 0 Å². The Morgan fingerprint density at radius 2 is 2.13 bits per heavy atom. The smallest absolute Gasteiger partial charge is 0.101 e. The first kappa shape index (κ1) is 11.5. The summed E-state index contributed by atoms with van der Waals surface area (Å²) in [5, 5.41) is 8.79. The summed E-state index contributed by atoms with van der Waals surface area (Å²) in [6, 6.07) is 5.70. The molecule has 0 aliphatic heterocycles. The van der Waals surface area contributed by atoms with Gasteiger partial charge in [-0.1, -0.05) is 6.07 Å². The molecule has 0 spiro atoms. The zero-order valence-corrected chi connectivity index (χ0v) is 9.37. The van der Waals surface area contributed by atoms with E-state index in [-0.39, 0.29) is 6.10 Å². The second-order valence-electron chi connectivity index (χ2n) is 3.78. The minimum atomic E-state index is 0.196. The molecular weight excluding hydrogens is 188 g/mol. The molecule has 1 aromatic carbocycles. The third-order valence-corrected chi connectivity index (χ3v) is 2.32. The van der Waals surface area contributed by atoms with E-state index >= 15 is 0 Å². The van der Waals surface area contributed by atoms with Crippen molar-refractivity contribution in [3.63, 3.8) is 0 Å². The van der Waals surface area contributed by atoms with E-state index in [9.17, 15) is 0 Å². The minimum Gasteiger partial charge on any atom is -0.397 e. The Labute approximate surface area is 90.5 Å². The lowest BCUT2D eigenvalue weighted by molar-refractivity contribution is 0.0654. The van der Waals surface area contributed by atoms with Gasteiger partial charge in [-0.25, -0.2) is 0 Å². The monoisotopic (exact) mass is 204 g/mol. The van der Waals surface area contributed by atoms with Crippen molar-refractivity contribution < 1.29 is 4.74 Å². The van der Waals surface area contributed by atoms with Crippen molar-refractivity contribution in [2.45, 2.75) is 33.5 Å². The second-order valence-corrected chi connectivity index (χ2v) is 3.78. The molecule has 1 rings (SSSR count). The maximum atomic E-state index is 8.79. The highest BCUT2D eigenvalue weighted by atomic mass is 16.5. The first-order valence-electron chi connectivity index (χ1n) is 4.96. The fraction of sp³-hybridized carbons (Fsp3) is 0.417. The molecule has 0 saturated carbocycles. The Balaban J connectivity index is 2.93. The van der Waals surface area contributed by atoms with E-state index in [1.165, 1.54) is 0 Å². The third kappa shape index (κ3) is 2.71. The number of hydrogen-bond acceptors (Lipinski definition) is 3. The van der Waals surface area contributed by atoms with Crippen molar-refractivity contribution in [1.82, 2.24) is 0 Å². The van der Waals surface area contributed by atoms with Crippen LogP contribution in [0.15, 0.2) is 12.1 Å². The molecule has 0 aliphatic rings. The van der Waals surface area contributed by atoms with Crippen molar-refractivity contribution in [1.29, 1.82) is 5.26 Å². The Morgan fingerprint density at radius 3 is 2.67 bits per heavy atom. The highest BCUT2D eigenvalue weighted by Gasteiger charge is 2.07. The van der Waals surface area contributed by atoms with Gasteiger partial charge in [-0.3, -0.25) is 0 Å². The molecule has 0 heterocycles. The van der Waals surface area contributed by atoms with Crippen molar-refractivity contribution in [2.75, 3.05) is 5.73 Å². The zero-order valence-electron chi connectivity index (χ0n) is 9.37. The Morgan fingerprint density at radius 1 is 1.47 bits per heavy atom. The van der Waals surface area contributed by atoms with E-state index in [4.69, 9.17) is 15.7 Å². The lowest BCUT2D eigenvalue weighted by Gasteiger charge is -2.12. The molecule has 0 saturated heterocycles. The molecule has 80 valence electrons. The summed E-state index contributed by atoms with van der Waals surface area (Å²) < 4.78 is 5.50. The number of nitrogens with two attached hydrogens (primary N) is 1. The molecule has 1 aromatic rings. The lowest BCUT2D eigenvalue weighted by Crippen LogP contribution is -2.05. The van der Waals surface area contributed by atoms with Gasteiger partial charge < -0.3 is 10.5 Å². The average Bonchev–Trinajstić information content (AvgIpc) is 2.20. The van der Waals surface area contributed by atoms with E-state index in [0.29, 0.717) is 17.9 Å². The van der Waals surface area contributed by atoms with Crippen molar-refractivity contribution in [3.8, 4) is 6.07 Å². The molecule has 0 bridgehead atoms. The Kier molecular flexibility index (Phi) is 3.70. The quantitative estimate of drug-likeness (QED) is 0.769. The van der Waals surface area contributed by atoms with Crippen molar-refractivity contribution in [3.05, 3.63) is 28.8 Å². The topological polar surface area (TPSA) is 59.0 Å². The molecule has 3 heteroatoms. The molecule has 0 aliphatic carbocycles. The summed E-state index contributed by atoms with van der Waals surface area (Å²) in [7, 11) is 0. The van der Waals surface area contributed by atoms with Crippen molar-refractivity contribution in [2.24, 2.45) is 0 Å². The SMILES string of the molecule is Cc1c(COC(C)C)ccc(C#N)c1N. The molecule has 0 radical (unpaired) electrons. The summed E-state index contributed by atoms with van der Waals surface area (Å²) >= 11 is 0. The number of nitrogen functional groups attached to an aromatic ring is 1. The van der Waals surface area contributed by atoms with Crippen LogP contribution in [0.1, 0.15) is 30.5 Å². The van der Waals surface area contributed by atoms with Crippen LogP contribution in [-0.2, 0) is 11.3 Å². The first-order chi connectivity index (χ1) is 7.06. The maximum Gasteiger partial charge on any atom is 0.101 e. The number of hydrogen-bond donors (Lipinski definition) is 1. The van der Waals surface area contributed by atoms with Crippen LogP contribution in [0.2, 0.25) is 0 Å². The molecular formula is C12H16N2O. The highest BCUT2D eigenvalue weighted by molar-refractivity contribution is 5.61. The van der Waals surface area contributed by atoms with Crippen LogP contribution in [0.25, 0.3) is 0 Å². The first-order valence-corrected chi connectivity index (χ1v) is 4.96. The van der Waals surface area contributed by atoms with Gasteiger partial charge in [-0.05, 0) is 38.0 Å². The van der Waals surface area contributed by atoms with Gasteiger partial charge in [0.05, 0.1) is 24.0 Å². The summed E-state index contributed by atoms with van der Waals surface area (Å²) in [6.45, 7) is 6.43. The fourth-order valence-corrected chi connectivity index (χ4v) is 1.28. The maximum absolute atomic E-state index is 8.79. The predicted molar refractivity (Wildman–Crippen MR) is 60.2 cm³/mol. The zero-order chi connectivity index (χ0) is 11.4. The molecule has 15 heavy (non-hydrogen) atoms. The fourth-order valence-electron chi connectivity index (χ4n) is 1.28. The second kappa shape index (κ2) is 4.81. The van der Waals surface area contributed by atoms with Crippen LogP contribution >= 0.6 is 0 Å². The van der Waals surface area contributed by atoms with Crippen LogP contribution in [-0.4, -0.2) is 6.10 Å². The largest absolute Gasteiger partial charge is 0.397 e. The van der Waals surface area contributed by atoms with Crippen LogP contribution in [0.5, 0.6) is 0 Å². The summed E-state index contributed by atoms with van der Waals surface area (Å²) in [5.74, 6) is 0. The molecule has 0 aromatic heterocycles. The summed E-state index contributed by atoms with van der Waals surface area (Å²) in [6.07, 6.45) is 0.196. The summed E-state index contributed by atoms with van der Waals surface area (Å²) in [4.78, 5) is 0. The number of anilines is 1. The highest BCUT2D eigenvalue weighted by Crippen LogP contribution is 2.21. The number of rotatable bonds is 3. The number of ether oxygens (including phenoxy) is 1. The standard InChI is InChI=1S/C12H16N2O/c1-8(2)15-7-11-5-4-10(6-13)12(14)9(11)3/h4-5,8H,7,14H2,1-3H3. The average molecular weight is 204 g/mol. The van der Waals surface area contributed by atoms with Crippen LogP contribution in [0.3, 0.4) is 0 Å². The minimum absolute atomic E-state index is 0.196. The molecule has 0 atom stereocenters. The van der Waals surface area contributed by atoms with E-state index in [2.05, 4.69) is 6.07 Å². The van der Waals surface area contributed by atoms with Gasteiger partial charge in [-0.15, -0.1) is 0 Å². The van der Waals surface area contributed by atoms with Crippen LogP contribution in [0, 0.1) is 18.3 Å². The molecule has 3 nitrogen and oxygen atoms in total. The number of nitriles is 1.